The van der Waals surface area contributed by atoms with Crippen molar-refractivity contribution in [3.8, 4) is 23.0 Å². The number of hydrogen-bond acceptors (Lipinski definition) is 7. The van der Waals surface area contributed by atoms with E-state index in [0.717, 1.165) is 0 Å². The van der Waals surface area contributed by atoms with Crippen LogP contribution >= 0.6 is 0 Å². The van der Waals surface area contributed by atoms with Gasteiger partial charge in [-0.1, -0.05) is 0 Å². The van der Waals surface area contributed by atoms with Crippen LogP contribution in [0, 0.1) is 0 Å². The van der Waals surface area contributed by atoms with Crippen molar-refractivity contribution >= 4 is 5.97 Å². The van der Waals surface area contributed by atoms with Gasteiger partial charge in [-0.15, -0.1) is 10.2 Å². The van der Waals surface area contributed by atoms with Gasteiger partial charge in [-0.2, -0.15) is 0 Å². The lowest BCUT2D eigenvalue weighted by Crippen LogP contribution is -2.04. The van der Waals surface area contributed by atoms with Gasteiger partial charge < -0.3 is 18.6 Å². The fourth-order valence-electron chi connectivity index (χ4n) is 1.58. The molecule has 1 heterocycles. The topological polar surface area (TPSA) is 83.7 Å². The van der Waals surface area contributed by atoms with Crippen LogP contribution in [-0.4, -0.2) is 37.0 Å². The summed E-state index contributed by atoms with van der Waals surface area (Å²) in [5.74, 6) is 0.463. The van der Waals surface area contributed by atoms with E-state index < -0.39 is 5.97 Å². The predicted octanol–water partition coefficient (Wildman–Crippen LogP) is 1.93. The van der Waals surface area contributed by atoms with Gasteiger partial charge in [0.2, 0.25) is 0 Å². The highest BCUT2D eigenvalue weighted by Gasteiger charge is 2.19. The number of hydrogen-bond donors (Lipinski definition) is 0. The number of aromatic nitrogens is 2. The Kier molecular flexibility index (Phi) is 4.19. The monoisotopic (exact) mass is 278 g/mol. The first-order valence-corrected chi connectivity index (χ1v) is 5.92. The van der Waals surface area contributed by atoms with E-state index in [0.29, 0.717) is 17.1 Å². The molecule has 2 rings (SSSR count). The van der Waals surface area contributed by atoms with Crippen LogP contribution in [0.4, 0.5) is 0 Å². The summed E-state index contributed by atoms with van der Waals surface area (Å²) >= 11 is 0. The van der Waals surface area contributed by atoms with Gasteiger partial charge in [0.05, 0.1) is 26.4 Å². The highest BCUT2D eigenvalue weighted by molar-refractivity contribution is 5.84. The molecule has 0 fully saturated rings. The second-order valence-corrected chi connectivity index (χ2v) is 3.70. The molecule has 0 N–H and O–H groups in total. The van der Waals surface area contributed by atoms with E-state index in [9.17, 15) is 4.79 Å². The molecule has 0 spiro atoms. The minimum atomic E-state index is -0.654. The van der Waals surface area contributed by atoms with Gasteiger partial charge in [0.15, 0.2) is 0 Å². The third kappa shape index (κ3) is 2.71. The summed E-state index contributed by atoms with van der Waals surface area (Å²) < 4.78 is 20.4. The molecule has 0 aliphatic carbocycles. The first-order valence-electron chi connectivity index (χ1n) is 5.92. The third-order valence-electron chi connectivity index (χ3n) is 2.51. The Bertz CT molecular complexity index is 609. The van der Waals surface area contributed by atoms with Crippen LogP contribution < -0.4 is 9.47 Å². The average molecular weight is 278 g/mol. The number of esters is 1. The second-order valence-electron chi connectivity index (χ2n) is 3.70. The maximum atomic E-state index is 11.5. The molecule has 0 aliphatic rings. The quantitative estimate of drug-likeness (QED) is 0.772. The van der Waals surface area contributed by atoms with Crippen LogP contribution in [-0.2, 0) is 4.74 Å². The van der Waals surface area contributed by atoms with Crippen LogP contribution in [0.3, 0.4) is 0 Å². The Morgan fingerprint density at radius 1 is 1.25 bits per heavy atom. The lowest BCUT2D eigenvalue weighted by Gasteiger charge is -2.07. The molecule has 0 saturated carbocycles. The van der Waals surface area contributed by atoms with Crippen molar-refractivity contribution in [1.82, 2.24) is 10.2 Å². The fourth-order valence-corrected chi connectivity index (χ4v) is 1.58. The van der Waals surface area contributed by atoms with Crippen molar-refractivity contribution in [2.75, 3.05) is 20.8 Å². The molecule has 0 radical (unpaired) electrons. The first-order chi connectivity index (χ1) is 9.69. The van der Waals surface area contributed by atoms with Crippen LogP contribution in [0.25, 0.3) is 11.5 Å². The minimum absolute atomic E-state index is 0.174. The standard InChI is InChI=1S/C13H14N2O5/c1-4-19-13(16)12-15-14-11(20-12)9-6-5-8(17-2)7-10(9)18-3/h5-7H,4H2,1-3H3. The van der Waals surface area contributed by atoms with E-state index in [-0.39, 0.29) is 18.4 Å². The van der Waals surface area contributed by atoms with Crippen molar-refractivity contribution in [2.45, 2.75) is 6.92 Å². The molecule has 1 aromatic heterocycles. The number of rotatable bonds is 5. The Balaban J connectivity index is 2.34. The highest BCUT2D eigenvalue weighted by atomic mass is 16.5. The summed E-state index contributed by atoms with van der Waals surface area (Å²) in [6, 6.07) is 5.12. The number of benzene rings is 1. The Morgan fingerprint density at radius 3 is 2.70 bits per heavy atom. The van der Waals surface area contributed by atoms with E-state index in [1.165, 1.54) is 7.11 Å². The lowest BCUT2D eigenvalue weighted by molar-refractivity contribution is 0.0481. The van der Waals surface area contributed by atoms with Crippen LogP contribution in [0.1, 0.15) is 17.6 Å². The summed E-state index contributed by atoms with van der Waals surface area (Å²) in [6.45, 7) is 1.93. The van der Waals surface area contributed by atoms with Gasteiger partial charge in [-0.3, -0.25) is 0 Å². The average Bonchev–Trinajstić information content (AvgIpc) is 2.96. The van der Waals surface area contributed by atoms with Gasteiger partial charge >= 0.3 is 11.9 Å². The van der Waals surface area contributed by atoms with Crippen LogP contribution in [0.2, 0.25) is 0 Å². The van der Waals surface area contributed by atoms with Crippen LogP contribution in [0.15, 0.2) is 22.6 Å². The van der Waals surface area contributed by atoms with Crippen molar-refractivity contribution in [2.24, 2.45) is 0 Å². The van der Waals surface area contributed by atoms with Crippen molar-refractivity contribution in [3.05, 3.63) is 24.1 Å². The second kappa shape index (κ2) is 6.05. The summed E-state index contributed by atoms with van der Waals surface area (Å²) in [7, 11) is 3.07. The molecule has 0 unspecified atom stereocenters. The van der Waals surface area contributed by atoms with E-state index in [2.05, 4.69) is 10.2 Å². The molecule has 20 heavy (non-hydrogen) atoms. The third-order valence-corrected chi connectivity index (χ3v) is 2.51. The highest BCUT2D eigenvalue weighted by Crippen LogP contribution is 2.32. The van der Waals surface area contributed by atoms with Gasteiger partial charge in [-0.05, 0) is 19.1 Å². The minimum Gasteiger partial charge on any atom is -0.497 e. The maximum absolute atomic E-state index is 11.5. The fraction of sp³-hybridized carbons (Fsp3) is 0.308. The molecule has 0 bridgehead atoms. The molecule has 0 amide bonds. The molecule has 0 atom stereocenters. The Labute approximate surface area is 115 Å². The van der Waals surface area contributed by atoms with Crippen molar-refractivity contribution in [1.29, 1.82) is 0 Å². The van der Waals surface area contributed by atoms with Crippen molar-refractivity contribution in [3.63, 3.8) is 0 Å². The maximum Gasteiger partial charge on any atom is 0.396 e. The van der Waals surface area contributed by atoms with Crippen LogP contribution in [0.5, 0.6) is 11.5 Å². The smallest absolute Gasteiger partial charge is 0.396 e. The Morgan fingerprint density at radius 2 is 2.05 bits per heavy atom. The molecular formula is C13H14N2O5. The molecule has 0 aliphatic heterocycles. The molecule has 0 saturated heterocycles. The molecule has 2 aromatic rings. The first kappa shape index (κ1) is 13.9. The SMILES string of the molecule is CCOC(=O)c1nnc(-c2ccc(OC)cc2OC)o1. The number of carbonyl (C=O) groups is 1. The van der Waals surface area contributed by atoms with E-state index in [1.807, 2.05) is 0 Å². The predicted molar refractivity (Wildman–Crippen MR) is 68.8 cm³/mol. The number of methoxy groups -OCH3 is 2. The van der Waals surface area contributed by atoms with Gasteiger partial charge in [0.1, 0.15) is 11.5 Å². The van der Waals surface area contributed by atoms with Gasteiger partial charge in [0.25, 0.3) is 5.89 Å². The Hall–Kier alpha value is -2.57. The van der Waals surface area contributed by atoms with Gasteiger partial charge in [-0.25, -0.2) is 4.79 Å². The molecular weight excluding hydrogens is 264 g/mol. The number of ether oxygens (including phenoxy) is 3. The number of nitrogens with zero attached hydrogens (tertiary/aromatic N) is 2. The van der Waals surface area contributed by atoms with E-state index in [1.54, 1.807) is 32.2 Å². The van der Waals surface area contributed by atoms with E-state index >= 15 is 0 Å². The van der Waals surface area contributed by atoms with E-state index in [4.69, 9.17) is 18.6 Å². The molecule has 7 heteroatoms. The molecule has 7 nitrogen and oxygen atoms in total. The zero-order valence-electron chi connectivity index (χ0n) is 11.4. The summed E-state index contributed by atoms with van der Waals surface area (Å²) in [5, 5.41) is 7.47. The summed E-state index contributed by atoms with van der Waals surface area (Å²) in [5.41, 5.74) is 0.566. The summed E-state index contributed by atoms with van der Waals surface area (Å²) in [6.07, 6.45) is 0. The molecule has 1 aromatic carbocycles. The largest absolute Gasteiger partial charge is 0.497 e. The molecule has 106 valence electrons. The van der Waals surface area contributed by atoms with Crippen molar-refractivity contribution < 1.29 is 23.4 Å². The zero-order valence-corrected chi connectivity index (χ0v) is 11.4. The number of carbonyl (C=O) groups excluding carboxylic acids is 1. The zero-order chi connectivity index (χ0) is 14.5. The van der Waals surface area contributed by atoms with Gasteiger partial charge in [0, 0.05) is 6.07 Å². The summed E-state index contributed by atoms with van der Waals surface area (Å²) in [4.78, 5) is 11.5. The normalized spacial score (nSPS) is 10.2. The lowest BCUT2D eigenvalue weighted by atomic mass is 10.2.